The lowest BCUT2D eigenvalue weighted by Crippen LogP contribution is -2.58. The Morgan fingerprint density at radius 1 is 0.986 bits per heavy atom. The van der Waals surface area contributed by atoms with Crippen LogP contribution >= 0.6 is 0 Å². The summed E-state index contributed by atoms with van der Waals surface area (Å²) in [4.78, 5) is 64.1. The highest BCUT2D eigenvalue weighted by atomic mass is 16.5. The first kappa shape index (κ1) is 48.5. The summed E-state index contributed by atoms with van der Waals surface area (Å²) < 4.78 is 15.5. The Bertz CT molecular complexity index is 3020. The highest BCUT2D eigenvalue weighted by Crippen LogP contribution is 2.41. The number of aryl methyl sites for hydroxylation is 1. The van der Waals surface area contributed by atoms with E-state index >= 15 is 0 Å². The molecule has 18 nitrogen and oxygen atoms in total. The van der Waals surface area contributed by atoms with E-state index < -0.39 is 6.61 Å². The van der Waals surface area contributed by atoms with Gasteiger partial charge >= 0.3 is 0 Å². The van der Waals surface area contributed by atoms with Crippen molar-refractivity contribution in [2.45, 2.75) is 104 Å². The van der Waals surface area contributed by atoms with Crippen molar-refractivity contribution in [2.75, 3.05) is 83.2 Å². The average molecular weight is 993 g/mol. The van der Waals surface area contributed by atoms with Crippen molar-refractivity contribution >= 4 is 52.0 Å². The van der Waals surface area contributed by atoms with Gasteiger partial charge in [-0.15, -0.1) is 0 Å². The molecule has 0 bridgehead atoms. The van der Waals surface area contributed by atoms with Gasteiger partial charge in [0.25, 0.3) is 11.5 Å². The largest absolute Gasteiger partial charge is 0.487 e. The molecule has 2 amide bonds. The molecule has 384 valence electrons. The normalized spacial score (nSPS) is 23.0. The summed E-state index contributed by atoms with van der Waals surface area (Å²) in [6, 6.07) is 12.7. The van der Waals surface area contributed by atoms with Crippen molar-refractivity contribution in [2.24, 2.45) is 18.4 Å². The number of fused-ring (bicyclic) bond motifs is 4. The van der Waals surface area contributed by atoms with Gasteiger partial charge in [-0.3, -0.25) is 24.2 Å². The predicted octanol–water partition coefficient (Wildman–Crippen LogP) is 6.35. The number of aliphatic hydroxyl groups excluding tert-OH is 1. The van der Waals surface area contributed by atoms with Crippen LogP contribution in [-0.4, -0.2) is 123 Å². The molecule has 4 N–H and O–H groups in total. The Hall–Kier alpha value is -6.76. The maximum atomic E-state index is 14.1. The first-order chi connectivity index (χ1) is 35.2. The van der Waals surface area contributed by atoms with E-state index in [-0.39, 0.29) is 40.7 Å². The topological polar surface area (TPSA) is 187 Å². The second kappa shape index (κ2) is 19.6. The Kier molecular flexibility index (Phi) is 13.0. The predicted molar refractivity (Wildman–Crippen MR) is 283 cm³/mol. The average Bonchev–Trinajstić information content (AvgIpc) is 3.89. The van der Waals surface area contributed by atoms with E-state index in [0.29, 0.717) is 77.4 Å². The standard InChI is InChI=1S/C55H68N12O6/c1-7-49(69)59-42-24-37(58-51-54(71)62(6)30-43(60-51)40-10-14-56-52(41(40)31-68)67-19-18-66-46(53(67)70)23-36-26-55(4,5)27-47(36)66)8-9-45(42)65-17-16-63(29-34(65)3)38-11-15-64(33(2)22-38)39-25-48-50(57-28-39)61-44(32-73-48)35-12-20-72-21-13-35/h7-10,14,23-25,28,30,33-35,38,44,68H,1,11-13,15-22,26-27,29,31-32H2,2-6H3,(H,57,61)(H,58,60)(H,59,69)/t33-,34+,38?,44-/m1/s1. The maximum Gasteiger partial charge on any atom is 0.293 e. The number of hydrogen-bond donors (Lipinski definition) is 4. The third-order valence-corrected chi connectivity index (χ3v) is 16.2. The van der Waals surface area contributed by atoms with Gasteiger partial charge in [0.2, 0.25) is 5.91 Å². The second-order valence-electron chi connectivity index (χ2n) is 21.7. The smallest absolute Gasteiger partial charge is 0.293 e. The van der Waals surface area contributed by atoms with Crippen LogP contribution in [0.15, 0.2) is 72.4 Å². The molecule has 5 aromatic rings. The highest BCUT2D eigenvalue weighted by Gasteiger charge is 2.39. The SMILES string of the molecule is C=CC(=O)Nc1cc(Nc2nc(-c3ccnc(N4CCn5c(cc6c5CC(C)(C)C6)C4=O)c3CO)cn(C)c2=O)ccc1N1CCN(C2CCN(c3cnc4c(c3)OC[C@H](C3CCOCC3)N4)[C@H](C)C2)C[C@@H]1C. The van der Waals surface area contributed by atoms with Crippen LogP contribution in [0.1, 0.15) is 80.7 Å². The molecule has 18 heteroatoms. The molecule has 0 spiro atoms. The van der Waals surface area contributed by atoms with Crippen LogP contribution < -0.4 is 40.9 Å². The van der Waals surface area contributed by atoms with Gasteiger partial charge in [-0.1, -0.05) is 20.4 Å². The van der Waals surface area contributed by atoms with Gasteiger partial charge in [0, 0.05) is 119 Å². The number of benzene rings is 1. The fourth-order valence-corrected chi connectivity index (χ4v) is 12.4. The molecule has 0 radical (unpaired) electrons. The van der Waals surface area contributed by atoms with Gasteiger partial charge in [-0.25, -0.2) is 15.0 Å². The zero-order valence-electron chi connectivity index (χ0n) is 42.7. The number of aliphatic hydroxyl groups is 1. The Balaban J connectivity index is 0.770. The summed E-state index contributed by atoms with van der Waals surface area (Å²) in [7, 11) is 1.65. The molecule has 11 rings (SSSR count). The zero-order valence-corrected chi connectivity index (χ0v) is 42.7. The van der Waals surface area contributed by atoms with Crippen molar-refractivity contribution in [1.29, 1.82) is 0 Å². The van der Waals surface area contributed by atoms with Crippen LogP contribution in [0.4, 0.5) is 40.2 Å². The number of piperazine rings is 1. The van der Waals surface area contributed by atoms with Crippen molar-refractivity contribution in [3.8, 4) is 17.0 Å². The number of aromatic nitrogens is 5. The molecule has 4 atom stereocenters. The molecule has 9 heterocycles. The quantitative estimate of drug-likeness (QED) is 0.107. The number of anilines is 7. The van der Waals surface area contributed by atoms with Crippen LogP contribution in [0.3, 0.4) is 0 Å². The summed E-state index contributed by atoms with van der Waals surface area (Å²) in [5.41, 5.74) is 7.36. The lowest BCUT2D eigenvalue weighted by atomic mass is 9.90. The van der Waals surface area contributed by atoms with Crippen molar-refractivity contribution in [1.82, 2.24) is 29.0 Å². The van der Waals surface area contributed by atoms with E-state index in [0.717, 1.165) is 101 Å². The molecule has 4 aromatic heterocycles. The van der Waals surface area contributed by atoms with Crippen LogP contribution in [0.5, 0.6) is 5.75 Å². The second-order valence-corrected chi connectivity index (χ2v) is 21.7. The number of carbonyl (C=O) groups excluding carboxylic acids is 2. The molecular formula is C55H68N12O6. The third-order valence-electron chi connectivity index (χ3n) is 16.2. The molecule has 6 aliphatic rings. The Morgan fingerprint density at radius 3 is 2.60 bits per heavy atom. The number of pyridine rings is 2. The van der Waals surface area contributed by atoms with E-state index in [2.05, 4.69) is 80.5 Å². The molecule has 1 aromatic carbocycles. The highest BCUT2D eigenvalue weighted by molar-refractivity contribution is 6.06. The summed E-state index contributed by atoms with van der Waals surface area (Å²) in [5.74, 6) is 2.09. The monoisotopic (exact) mass is 993 g/mol. The number of carbonyl (C=O) groups is 2. The number of piperidine rings is 1. The minimum Gasteiger partial charge on any atom is -0.487 e. The molecule has 1 unspecified atom stereocenters. The van der Waals surface area contributed by atoms with Gasteiger partial charge in [-0.05, 0) is 106 Å². The molecule has 3 saturated heterocycles. The number of rotatable bonds is 11. The number of hydrogen-bond acceptors (Lipinski definition) is 14. The van der Waals surface area contributed by atoms with Gasteiger partial charge in [0.1, 0.15) is 18.1 Å². The first-order valence-electron chi connectivity index (χ1n) is 26.0. The van der Waals surface area contributed by atoms with Crippen LogP contribution in [-0.2, 0) is 42.6 Å². The number of amides is 2. The third kappa shape index (κ3) is 9.33. The van der Waals surface area contributed by atoms with Gasteiger partial charge in [0.05, 0.1) is 41.6 Å². The summed E-state index contributed by atoms with van der Waals surface area (Å²) in [5, 5.41) is 20.8. The molecule has 0 saturated carbocycles. The minimum absolute atomic E-state index is 0.0510. The van der Waals surface area contributed by atoms with Gasteiger partial charge in [-0.2, -0.15) is 0 Å². The van der Waals surface area contributed by atoms with E-state index in [9.17, 15) is 19.5 Å². The number of nitrogens with one attached hydrogen (secondary N) is 3. The van der Waals surface area contributed by atoms with Crippen molar-refractivity contribution in [3.63, 3.8) is 0 Å². The molecular weight excluding hydrogens is 925 g/mol. The van der Waals surface area contributed by atoms with Gasteiger partial charge < -0.3 is 49.5 Å². The summed E-state index contributed by atoms with van der Waals surface area (Å²) in [6.45, 7) is 19.0. The van der Waals surface area contributed by atoms with E-state index in [1.54, 1.807) is 30.4 Å². The minimum atomic E-state index is -0.403. The molecule has 3 fully saturated rings. The van der Waals surface area contributed by atoms with Crippen LogP contribution in [0.25, 0.3) is 11.3 Å². The summed E-state index contributed by atoms with van der Waals surface area (Å²) >= 11 is 0. The lowest BCUT2D eigenvalue weighted by Gasteiger charge is -2.48. The van der Waals surface area contributed by atoms with Crippen molar-refractivity contribution < 1.29 is 24.2 Å². The van der Waals surface area contributed by atoms with Gasteiger partial charge in [0.15, 0.2) is 17.4 Å². The Labute approximate surface area is 426 Å². The van der Waals surface area contributed by atoms with E-state index in [4.69, 9.17) is 19.4 Å². The fourth-order valence-electron chi connectivity index (χ4n) is 12.4. The summed E-state index contributed by atoms with van der Waals surface area (Å²) in [6.07, 6.45) is 12.5. The van der Waals surface area contributed by atoms with Crippen LogP contribution in [0, 0.1) is 11.3 Å². The maximum absolute atomic E-state index is 14.1. The number of ether oxygens (including phenoxy) is 2. The molecule has 1 aliphatic carbocycles. The zero-order chi connectivity index (χ0) is 50.7. The molecule has 73 heavy (non-hydrogen) atoms. The fraction of sp³-hybridized carbons (Fsp3) is 0.491. The number of nitrogens with zero attached hydrogens (tertiary/aromatic N) is 9. The molecule has 5 aliphatic heterocycles. The lowest BCUT2D eigenvalue weighted by molar-refractivity contribution is -0.111. The van der Waals surface area contributed by atoms with E-state index in [1.165, 1.54) is 21.9 Å². The Morgan fingerprint density at radius 2 is 1.82 bits per heavy atom. The van der Waals surface area contributed by atoms with Crippen LogP contribution in [0.2, 0.25) is 0 Å². The van der Waals surface area contributed by atoms with E-state index in [1.807, 2.05) is 30.5 Å². The van der Waals surface area contributed by atoms with Crippen molar-refractivity contribution in [3.05, 3.63) is 101 Å². The first-order valence-corrected chi connectivity index (χ1v) is 26.0.